The van der Waals surface area contributed by atoms with Crippen LogP contribution in [0.4, 0.5) is 4.39 Å². The van der Waals surface area contributed by atoms with Gasteiger partial charge in [-0.05, 0) is 18.6 Å². The zero-order valence-corrected chi connectivity index (χ0v) is 8.37. The van der Waals surface area contributed by atoms with Crippen molar-refractivity contribution in [3.05, 3.63) is 41.1 Å². The molecule has 0 spiro atoms. The fraction of sp³-hybridized carbons (Fsp3) is 0.300. The topological polar surface area (TPSA) is 16.6 Å². The van der Waals surface area contributed by atoms with Crippen molar-refractivity contribution in [1.29, 1.82) is 0 Å². The van der Waals surface area contributed by atoms with Crippen molar-refractivity contribution in [2.75, 3.05) is 6.54 Å². The molecule has 1 aromatic carbocycles. The van der Waals surface area contributed by atoms with Crippen molar-refractivity contribution >= 4 is 11.6 Å². The summed E-state index contributed by atoms with van der Waals surface area (Å²) in [6.07, 6.45) is 0.621. The van der Waals surface area contributed by atoms with Crippen LogP contribution in [0.3, 0.4) is 0 Å². The van der Waals surface area contributed by atoms with E-state index in [2.05, 4.69) is 7.05 Å². The number of hydrogen-bond donors (Lipinski definition) is 1. The smallest absolute Gasteiger partial charge is 0.128 e. The highest BCUT2D eigenvalue weighted by Crippen LogP contribution is 2.23. The number of aryl methyl sites for hydroxylation is 1. The fourth-order valence-corrected chi connectivity index (χ4v) is 1.44. The highest BCUT2D eigenvalue weighted by molar-refractivity contribution is 6.32. The van der Waals surface area contributed by atoms with Crippen LogP contribution in [0.15, 0.2) is 12.1 Å². The van der Waals surface area contributed by atoms with Crippen LogP contribution < -0.4 is 5.32 Å². The van der Waals surface area contributed by atoms with Crippen LogP contribution in [0.25, 0.3) is 0 Å². The largest absolute Gasteiger partial charge is 0.479 e. The molecule has 1 nitrogen and oxygen atoms in total. The molecule has 72 valence electrons. The van der Waals surface area contributed by atoms with Crippen LogP contribution in [0.5, 0.6) is 0 Å². The van der Waals surface area contributed by atoms with E-state index in [-0.39, 0.29) is 5.82 Å². The van der Waals surface area contributed by atoms with Gasteiger partial charge in [0, 0.05) is 17.0 Å². The molecule has 0 saturated carbocycles. The number of benzene rings is 1. The maximum Gasteiger partial charge on any atom is 0.128 e. The summed E-state index contributed by atoms with van der Waals surface area (Å²) in [6, 6.07) is 3.15. The first-order chi connectivity index (χ1) is 6.16. The monoisotopic (exact) mass is 201 g/mol. The maximum atomic E-state index is 13.2. The second-order valence-electron chi connectivity index (χ2n) is 2.98. The third kappa shape index (κ3) is 2.42. The van der Waals surface area contributed by atoms with E-state index in [9.17, 15) is 4.39 Å². The van der Waals surface area contributed by atoms with Gasteiger partial charge in [0.1, 0.15) is 5.82 Å². The lowest BCUT2D eigenvalue weighted by Gasteiger charge is -2.07. The third-order valence-corrected chi connectivity index (χ3v) is 2.50. The van der Waals surface area contributed by atoms with E-state index in [1.165, 1.54) is 6.07 Å². The van der Waals surface area contributed by atoms with Crippen LogP contribution in [0.2, 0.25) is 5.02 Å². The lowest BCUT2D eigenvalue weighted by Crippen LogP contribution is -2.77. The van der Waals surface area contributed by atoms with E-state index in [0.717, 1.165) is 12.1 Å². The van der Waals surface area contributed by atoms with Crippen LogP contribution in [0.1, 0.15) is 11.1 Å². The standard InChI is InChI=1S/C10H13ClFN/c1-7-3-4-9(12)8(10(7)11)5-6-13-2/h3-4H,2,5-6,13H2,1H3. The summed E-state index contributed by atoms with van der Waals surface area (Å²) in [5.74, 6) is -0.225. The summed E-state index contributed by atoms with van der Waals surface area (Å²) in [7, 11) is 3.59. The van der Waals surface area contributed by atoms with Gasteiger partial charge in [-0.25, -0.2) is 4.39 Å². The molecular weight excluding hydrogens is 189 g/mol. The van der Waals surface area contributed by atoms with Crippen molar-refractivity contribution in [3.63, 3.8) is 0 Å². The van der Waals surface area contributed by atoms with Crippen LogP contribution in [-0.2, 0) is 6.42 Å². The average molecular weight is 202 g/mol. The molecule has 13 heavy (non-hydrogen) atoms. The van der Waals surface area contributed by atoms with Gasteiger partial charge < -0.3 is 5.32 Å². The van der Waals surface area contributed by atoms with Crippen molar-refractivity contribution < 1.29 is 9.71 Å². The molecule has 3 heteroatoms. The van der Waals surface area contributed by atoms with Gasteiger partial charge in [-0.15, -0.1) is 0 Å². The predicted octanol–water partition coefficient (Wildman–Crippen LogP) is 1.69. The minimum Gasteiger partial charge on any atom is -0.479 e. The molecular formula is C10H13ClFN. The van der Waals surface area contributed by atoms with Crippen LogP contribution in [0, 0.1) is 19.8 Å². The zero-order valence-electron chi connectivity index (χ0n) is 7.61. The Kier molecular flexibility index (Phi) is 3.70. The number of hydrogen-bond acceptors (Lipinski definition) is 0. The molecule has 0 heterocycles. The Hall–Kier alpha value is -0.600. The first kappa shape index (κ1) is 10.5. The molecule has 0 radical (unpaired) electrons. The Morgan fingerprint density at radius 1 is 1.54 bits per heavy atom. The van der Waals surface area contributed by atoms with Gasteiger partial charge in [0.2, 0.25) is 0 Å². The molecule has 0 bridgehead atoms. The number of rotatable bonds is 3. The first-order valence-corrected chi connectivity index (χ1v) is 4.59. The highest BCUT2D eigenvalue weighted by Gasteiger charge is 2.08. The second-order valence-corrected chi connectivity index (χ2v) is 3.36. The van der Waals surface area contributed by atoms with Crippen molar-refractivity contribution in [2.24, 2.45) is 0 Å². The summed E-state index contributed by atoms with van der Waals surface area (Å²) in [4.78, 5) is 0. The van der Waals surface area contributed by atoms with Crippen LogP contribution >= 0.6 is 11.6 Å². The van der Waals surface area contributed by atoms with E-state index in [4.69, 9.17) is 11.6 Å². The van der Waals surface area contributed by atoms with Gasteiger partial charge >= 0.3 is 0 Å². The summed E-state index contributed by atoms with van der Waals surface area (Å²) in [5.41, 5.74) is 1.52. The van der Waals surface area contributed by atoms with Crippen molar-refractivity contribution in [1.82, 2.24) is 0 Å². The summed E-state index contributed by atoms with van der Waals surface area (Å²) in [5, 5.41) is 2.31. The molecule has 0 atom stereocenters. The van der Waals surface area contributed by atoms with Gasteiger partial charge in [0.15, 0.2) is 0 Å². The van der Waals surface area contributed by atoms with E-state index in [0.29, 0.717) is 17.0 Å². The molecule has 0 aromatic heterocycles. The van der Waals surface area contributed by atoms with Gasteiger partial charge in [0.25, 0.3) is 0 Å². The van der Waals surface area contributed by atoms with E-state index in [1.807, 2.05) is 6.92 Å². The van der Waals surface area contributed by atoms with Crippen molar-refractivity contribution in [3.8, 4) is 0 Å². The Bertz CT molecular complexity index is 299. The lowest BCUT2D eigenvalue weighted by molar-refractivity contribution is -0.594. The van der Waals surface area contributed by atoms with Gasteiger partial charge in [-0.1, -0.05) is 17.7 Å². The van der Waals surface area contributed by atoms with E-state index in [1.54, 1.807) is 11.4 Å². The molecule has 0 saturated heterocycles. The summed E-state index contributed by atoms with van der Waals surface area (Å²) < 4.78 is 13.2. The Morgan fingerprint density at radius 2 is 2.23 bits per heavy atom. The first-order valence-electron chi connectivity index (χ1n) is 4.21. The van der Waals surface area contributed by atoms with Crippen molar-refractivity contribution in [2.45, 2.75) is 13.3 Å². The van der Waals surface area contributed by atoms with E-state index < -0.39 is 0 Å². The lowest BCUT2D eigenvalue weighted by atomic mass is 10.1. The molecule has 0 aliphatic rings. The quantitative estimate of drug-likeness (QED) is 0.717. The maximum absolute atomic E-state index is 13.2. The number of quaternary nitrogens is 1. The molecule has 1 rings (SSSR count). The normalized spacial score (nSPS) is 10.5. The molecule has 0 amide bonds. The highest BCUT2D eigenvalue weighted by atomic mass is 35.5. The summed E-state index contributed by atoms with van der Waals surface area (Å²) >= 11 is 5.96. The molecule has 1 aromatic rings. The molecule has 0 aliphatic carbocycles. The molecule has 0 fully saturated rings. The average Bonchev–Trinajstić information content (AvgIpc) is 2.12. The zero-order chi connectivity index (χ0) is 9.84. The SMILES string of the molecule is [CH2-][NH2+]CCc1c(F)ccc(C)c1Cl. The molecule has 2 N–H and O–H groups in total. The number of halogens is 2. The minimum atomic E-state index is -0.225. The van der Waals surface area contributed by atoms with Gasteiger partial charge in [0.05, 0.1) is 6.54 Å². The fourth-order valence-electron chi connectivity index (χ4n) is 1.19. The molecule has 0 aliphatic heterocycles. The van der Waals surface area contributed by atoms with Crippen LogP contribution in [-0.4, -0.2) is 6.54 Å². The van der Waals surface area contributed by atoms with E-state index >= 15 is 0 Å². The Balaban J connectivity index is 2.96. The second kappa shape index (κ2) is 4.58. The predicted molar refractivity (Wildman–Crippen MR) is 52.0 cm³/mol. The number of nitrogens with two attached hydrogens (primary N) is 1. The minimum absolute atomic E-state index is 0.225. The summed E-state index contributed by atoms with van der Waals surface area (Å²) in [6.45, 7) is 2.62. The Labute approximate surface area is 82.9 Å². The Morgan fingerprint density at radius 3 is 2.85 bits per heavy atom. The van der Waals surface area contributed by atoms with Gasteiger partial charge in [-0.3, -0.25) is 0 Å². The van der Waals surface area contributed by atoms with Gasteiger partial charge in [-0.2, -0.15) is 7.05 Å². The third-order valence-electron chi connectivity index (χ3n) is 1.98. The molecule has 0 unspecified atom stereocenters.